The lowest BCUT2D eigenvalue weighted by Crippen LogP contribution is -2.40. The number of nitrogens with two attached hydrogens (primary N) is 1. The van der Waals surface area contributed by atoms with Gasteiger partial charge in [0.25, 0.3) is 0 Å². The minimum Gasteiger partial charge on any atom is -0.465 e. The highest BCUT2D eigenvalue weighted by atomic mass is 16.5. The standard InChI is InChI=1S/C12H24N2O2/c1-3-16-12(15)11(13)6-8-14-7-4-5-10(2)9-14/h10-11H,3-9,13H2,1-2H3. The molecule has 2 unspecified atom stereocenters. The quantitative estimate of drug-likeness (QED) is 0.713. The molecule has 0 aromatic rings. The number of carbonyl (C=O) groups is 1. The molecule has 1 heterocycles. The van der Waals surface area contributed by atoms with E-state index < -0.39 is 6.04 Å². The highest BCUT2D eigenvalue weighted by Crippen LogP contribution is 2.15. The van der Waals surface area contributed by atoms with Gasteiger partial charge in [0.05, 0.1) is 6.61 Å². The van der Waals surface area contributed by atoms with Crippen LogP contribution in [0.25, 0.3) is 0 Å². The van der Waals surface area contributed by atoms with Gasteiger partial charge in [-0.2, -0.15) is 0 Å². The predicted molar refractivity (Wildman–Crippen MR) is 64.1 cm³/mol. The fourth-order valence-corrected chi connectivity index (χ4v) is 2.18. The molecule has 16 heavy (non-hydrogen) atoms. The Morgan fingerprint density at radius 1 is 1.62 bits per heavy atom. The first-order valence-electron chi connectivity index (χ1n) is 6.28. The van der Waals surface area contributed by atoms with Gasteiger partial charge < -0.3 is 15.4 Å². The van der Waals surface area contributed by atoms with Gasteiger partial charge in [-0.15, -0.1) is 0 Å². The molecule has 0 bridgehead atoms. The molecule has 4 heteroatoms. The summed E-state index contributed by atoms with van der Waals surface area (Å²) in [5.74, 6) is 0.500. The van der Waals surface area contributed by atoms with Crippen molar-refractivity contribution in [2.75, 3.05) is 26.2 Å². The second kappa shape index (κ2) is 6.86. The number of likely N-dealkylation sites (tertiary alicyclic amines) is 1. The van der Waals surface area contributed by atoms with E-state index in [0.717, 1.165) is 25.6 Å². The first-order valence-corrected chi connectivity index (χ1v) is 6.28. The Bertz CT molecular complexity index is 221. The number of carbonyl (C=O) groups excluding carboxylic acids is 1. The van der Waals surface area contributed by atoms with E-state index >= 15 is 0 Å². The predicted octanol–water partition coefficient (Wildman–Crippen LogP) is 0.999. The van der Waals surface area contributed by atoms with Crippen molar-refractivity contribution in [3.8, 4) is 0 Å². The van der Waals surface area contributed by atoms with Crippen molar-refractivity contribution in [1.82, 2.24) is 4.90 Å². The summed E-state index contributed by atoms with van der Waals surface area (Å²) in [7, 11) is 0. The zero-order valence-corrected chi connectivity index (χ0v) is 10.4. The molecule has 0 aromatic carbocycles. The SMILES string of the molecule is CCOC(=O)C(N)CCN1CCCC(C)C1. The Kier molecular flexibility index (Phi) is 5.77. The van der Waals surface area contributed by atoms with Crippen LogP contribution in [0.5, 0.6) is 0 Å². The Hall–Kier alpha value is -0.610. The molecule has 0 radical (unpaired) electrons. The van der Waals surface area contributed by atoms with Gasteiger partial charge in [0, 0.05) is 13.1 Å². The molecule has 4 nitrogen and oxygen atoms in total. The monoisotopic (exact) mass is 228 g/mol. The molecule has 2 atom stereocenters. The summed E-state index contributed by atoms with van der Waals surface area (Å²) in [5, 5.41) is 0. The van der Waals surface area contributed by atoms with Crippen LogP contribution in [0, 0.1) is 5.92 Å². The number of nitrogens with zero attached hydrogens (tertiary/aromatic N) is 1. The fraction of sp³-hybridized carbons (Fsp3) is 0.917. The third-order valence-corrected chi connectivity index (χ3v) is 3.09. The van der Waals surface area contributed by atoms with Gasteiger partial charge in [0.15, 0.2) is 0 Å². The summed E-state index contributed by atoms with van der Waals surface area (Å²) < 4.78 is 4.88. The zero-order chi connectivity index (χ0) is 12.0. The van der Waals surface area contributed by atoms with Gasteiger partial charge in [-0.05, 0) is 38.6 Å². The van der Waals surface area contributed by atoms with E-state index in [1.807, 2.05) is 0 Å². The number of esters is 1. The number of piperidine rings is 1. The number of hydrogen-bond acceptors (Lipinski definition) is 4. The summed E-state index contributed by atoms with van der Waals surface area (Å²) in [6.07, 6.45) is 3.28. The maximum Gasteiger partial charge on any atom is 0.322 e. The molecule has 0 saturated carbocycles. The van der Waals surface area contributed by atoms with Crippen LogP contribution in [0.4, 0.5) is 0 Å². The Labute approximate surface area is 98.1 Å². The van der Waals surface area contributed by atoms with E-state index in [9.17, 15) is 4.79 Å². The first-order chi connectivity index (χ1) is 7.63. The molecule has 1 fully saturated rings. The summed E-state index contributed by atoms with van der Waals surface area (Å²) in [4.78, 5) is 13.7. The molecule has 1 aliphatic heterocycles. The van der Waals surface area contributed by atoms with E-state index in [4.69, 9.17) is 10.5 Å². The summed E-state index contributed by atoms with van der Waals surface area (Å²) in [6.45, 7) is 7.67. The molecule has 94 valence electrons. The number of ether oxygens (including phenoxy) is 1. The third-order valence-electron chi connectivity index (χ3n) is 3.09. The maximum atomic E-state index is 11.3. The van der Waals surface area contributed by atoms with Crippen LogP contribution in [-0.4, -0.2) is 43.2 Å². The van der Waals surface area contributed by atoms with Crippen molar-refractivity contribution in [3.63, 3.8) is 0 Å². The molecule has 0 aromatic heterocycles. The molecule has 1 saturated heterocycles. The van der Waals surface area contributed by atoms with Gasteiger partial charge in [-0.25, -0.2) is 0 Å². The maximum absolute atomic E-state index is 11.3. The van der Waals surface area contributed by atoms with Crippen LogP contribution in [0.3, 0.4) is 0 Å². The van der Waals surface area contributed by atoms with Crippen molar-refractivity contribution in [1.29, 1.82) is 0 Å². The van der Waals surface area contributed by atoms with E-state index in [0.29, 0.717) is 13.0 Å². The van der Waals surface area contributed by atoms with E-state index in [1.54, 1.807) is 6.92 Å². The van der Waals surface area contributed by atoms with Crippen molar-refractivity contribution in [3.05, 3.63) is 0 Å². The van der Waals surface area contributed by atoms with Crippen LogP contribution in [0.2, 0.25) is 0 Å². The van der Waals surface area contributed by atoms with Gasteiger partial charge in [-0.1, -0.05) is 6.92 Å². The van der Waals surface area contributed by atoms with Gasteiger partial charge in [0.1, 0.15) is 6.04 Å². The molecule has 0 amide bonds. The minimum absolute atomic E-state index is 0.271. The second-order valence-corrected chi connectivity index (χ2v) is 4.70. The molecule has 0 spiro atoms. The van der Waals surface area contributed by atoms with Crippen LogP contribution >= 0.6 is 0 Å². The zero-order valence-electron chi connectivity index (χ0n) is 10.4. The first kappa shape index (κ1) is 13.5. The Balaban J connectivity index is 2.20. The average molecular weight is 228 g/mol. The summed E-state index contributed by atoms with van der Waals surface area (Å²) >= 11 is 0. The van der Waals surface area contributed by atoms with E-state index in [-0.39, 0.29) is 5.97 Å². The highest BCUT2D eigenvalue weighted by Gasteiger charge is 2.19. The van der Waals surface area contributed by atoms with Gasteiger partial charge in [-0.3, -0.25) is 4.79 Å². The van der Waals surface area contributed by atoms with Gasteiger partial charge in [0.2, 0.25) is 0 Å². The minimum atomic E-state index is -0.461. The van der Waals surface area contributed by atoms with Crippen LogP contribution < -0.4 is 5.73 Å². The fourth-order valence-electron chi connectivity index (χ4n) is 2.18. The third kappa shape index (κ3) is 4.49. The Morgan fingerprint density at radius 3 is 3.00 bits per heavy atom. The molecule has 0 aliphatic carbocycles. The smallest absolute Gasteiger partial charge is 0.322 e. The number of rotatable bonds is 5. The highest BCUT2D eigenvalue weighted by molar-refractivity contribution is 5.75. The lowest BCUT2D eigenvalue weighted by molar-refractivity contribution is -0.144. The van der Waals surface area contributed by atoms with Crippen molar-refractivity contribution < 1.29 is 9.53 Å². The van der Waals surface area contributed by atoms with Crippen LogP contribution in [-0.2, 0) is 9.53 Å². The van der Waals surface area contributed by atoms with Crippen molar-refractivity contribution >= 4 is 5.97 Å². The van der Waals surface area contributed by atoms with Gasteiger partial charge >= 0.3 is 5.97 Å². The van der Waals surface area contributed by atoms with Crippen molar-refractivity contribution in [2.45, 2.75) is 39.2 Å². The lowest BCUT2D eigenvalue weighted by Gasteiger charge is -2.31. The topological polar surface area (TPSA) is 55.6 Å². The van der Waals surface area contributed by atoms with Crippen molar-refractivity contribution in [2.24, 2.45) is 11.7 Å². The van der Waals surface area contributed by atoms with Crippen LogP contribution in [0.1, 0.15) is 33.1 Å². The van der Waals surface area contributed by atoms with E-state index in [2.05, 4.69) is 11.8 Å². The second-order valence-electron chi connectivity index (χ2n) is 4.70. The number of hydrogen-bond donors (Lipinski definition) is 1. The molecule has 2 N–H and O–H groups in total. The van der Waals surface area contributed by atoms with E-state index in [1.165, 1.54) is 12.8 Å². The van der Waals surface area contributed by atoms with Crippen LogP contribution in [0.15, 0.2) is 0 Å². The normalized spacial score (nSPS) is 24.1. The Morgan fingerprint density at radius 2 is 2.38 bits per heavy atom. The summed E-state index contributed by atoms with van der Waals surface area (Å²) in [5.41, 5.74) is 5.75. The lowest BCUT2D eigenvalue weighted by atomic mass is 10.00. The molecular formula is C12H24N2O2. The average Bonchev–Trinajstić information content (AvgIpc) is 2.26. The molecule has 1 aliphatic rings. The largest absolute Gasteiger partial charge is 0.465 e. The molecule has 1 rings (SSSR count). The molecular weight excluding hydrogens is 204 g/mol. The summed E-state index contributed by atoms with van der Waals surface area (Å²) in [6, 6.07) is -0.461.